The first-order valence-electron chi connectivity index (χ1n) is 9.43. The number of aliphatic hydroxyl groups excluding tert-OH is 1. The number of imidazole rings is 1. The summed E-state index contributed by atoms with van der Waals surface area (Å²) in [5, 5.41) is 10.4. The van der Waals surface area contributed by atoms with Crippen molar-refractivity contribution in [2.24, 2.45) is 18.4 Å². The SMILES string of the molecule is CC(C)C(O)c1cccc(-c2ccc3c(n2)n(C)c(=O)n3CC(C)(C)C)c1. The summed E-state index contributed by atoms with van der Waals surface area (Å²) in [5.41, 5.74) is 4.08. The van der Waals surface area contributed by atoms with Crippen molar-refractivity contribution < 1.29 is 5.11 Å². The lowest BCUT2D eigenvalue weighted by molar-refractivity contribution is 0.127. The summed E-state index contributed by atoms with van der Waals surface area (Å²) in [4.78, 5) is 17.4. The van der Waals surface area contributed by atoms with Crippen LogP contribution >= 0.6 is 0 Å². The van der Waals surface area contributed by atoms with Crippen LogP contribution in [-0.2, 0) is 13.6 Å². The number of aryl methyl sites for hydroxylation is 1. The average Bonchev–Trinajstić information content (AvgIpc) is 2.84. The second-order valence-corrected chi connectivity index (χ2v) is 8.84. The first-order chi connectivity index (χ1) is 12.6. The minimum Gasteiger partial charge on any atom is -0.388 e. The molecule has 0 aliphatic carbocycles. The Labute approximate surface area is 160 Å². The van der Waals surface area contributed by atoms with Crippen molar-refractivity contribution in [3.63, 3.8) is 0 Å². The first kappa shape index (κ1) is 19.4. The zero-order chi connectivity index (χ0) is 19.9. The number of benzene rings is 1. The van der Waals surface area contributed by atoms with E-state index in [1.54, 1.807) is 16.2 Å². The van der Waals surface area contributed by atoms with Gasteiger partial charge >= 0.3 is 5.69 Å². The number of rotatable bonds is 4. The molecule has 144 valence electrons. The molecule has 2 heterocycles. The molecular weight excluding hydrogens is 338 g/mol. The van der Waals surface area contributed by atoms with Crippen LogP contribution in [0.2, 0.25) is 0 Å². The fourth-order valence-electron chi connectivity index (χ4n) is 3.33. The maximum Gasteiger partial charge on any atom is 0.330 e. The maximum absolute atomic E-state index is 12.7. The largest absolute Gasteiger partial charge is 0.388 e. The van der Waals surface area contributed by atoms with Crippen molar-refractivity contribution in [2.75, 3.05) is 0 Å². The van der Waals surface area contributed by atoms with Crippen LogP contribution in [0.1, 0.15) is 46.3 Å². The van der Waals surface area contributed by atoms with Gasteiger partial charge in [-0.15, -0.1) is 0 Å². The number of hydrogen-bond acceptors (Lipinski definition) is 3. The topological polar surface area (TPSA) is 60.1 Å². The smallest absolute Gasteiger partial charge is 0.330 e. The molecule has 0 radical (unpaired) electrons. The van der Waals surface area contributed by atoms with Crippen LogP contribution in [0.5, 0.6) is 0 Å². The van der Waals surface area contributed by atoms with Crippen molar-refractivity contribution in [1.82, 2.24) is 14.1 Å². The molecule has 1 aromatic carbocycles. The Morgan fingerprint density at radius 1 is 1.15 bits per heavy atom. The number of pyridine rings is 1. The van der Waals surface area contributed by atoms with E-state index in [0.717, 1.165) is 22.3 Å². The second kappa shape index (κ2) is 6.97. The van der Waals surface area contributed by atoms with Gasteiger partial charge in [0, 0.05) is 19.2 Å². The van der Waals surface area contributed by atoms with Crippen molar-refractivity contribution in [3.8, 4) is 11.3 Å². The van der Waals surface area contributed by atoms with Gasteiger partial charge < -0.3 is 5.11 Å². The molecule has 0 aliphatic heterocycles. The zero-order valence-corrected chi connectivity index (χ0v) is 17.0. The molecule has 0 spiro atoms. The van der Waals surface area contributed by atoms with E-state index in [0.29, 0.717) is 12.2 Å². The highest BCUT2D eigenvalue weighted by atomic mass is 16.3. The monoisotopic (exact) mass is 367 g/mol. The molecule has 1 N–H and O–H groups in total. The van der Waals surface area contributed by atoms with Gasteiger partial charge in [0.1, 0.15) is 0 Å². The number of fused-ring (bicyclic) bond motifs is 1. The van der Waals surface area contributed by atoms with Gasteiger partial charge in [-0.1, -0.05) is 52.8 Å². The highest BCUT2D eigenvalue weighted by Crippen LogP contribution is 2.27. The van der Waals surface area contributed by atoms with Gasteiger partial charge in [-0.2, -0.15) is 0 Å². The lowest BCUT2D eigenvalue weighted by atomic mass is 9.96. The molecule has 3 aromatic rings. The van der Waals surface area contributed by atoms with E-state index in [1.165, 1.54) is 0 Å². The Balaban J connectivity index is 2.10. The van der Waals surface area contributed by atoms with E-state index in [1.807, 2.05) is 50.2 Å². The fraction of sp³-hybridized carbons (Fsp3) is 0.455. The van der Waals surface area contributed by atoms with Gasteiger partial charge in [-0.3, -0.25) is 9.13 Å². The van der Waals surface area contributed by atoms with Gasteiger partial charge in [-0.05, 0) is 35.1 Å². The molecule has 0 saturated heterocycles. The molecule has 0 bridgehead atoms. The van der Waals surface area contributed by atoms with Gasteiger partial charge in [0.05, 0.1) is 17.3 Å². The highest BCUT2D eigenvalue weighted by molar-refractivity contribution is 5.76. The second-order valence-electron chi connectivity index (χ2n) is 8.84. The molecule has 0 saturated carbocycles. The lowest BCUT2D eigenvalue weighted by Gasteiger charge is -2.18. The molecule has 5 heteroatoms. The zero-order valence-electron chi connectivity index (χ0n) is 17.0. The molecule has 2 aromatic heterocycles. The molecular formula is C22H29N3O2. The van der Waals surface area contributed by atoms with Gasteiger partial charge in [-0.25, -0.2) is 9.78 Å². The summed E-state index contributed by atoms with van der Waals surface area (Å²) in [6, 6.07) is 11.7. The first-order valence-corrected chi connectivity index (χ1v) is 9.43. The normalized spacial score (nSPS) is 13.5. The summed E-state index contributed by atoms with van der Waals surface area (Å²) in [6.45, 7) is 11.0. The van der Waals surface area contributed by atoms with E-state index in [4.69, 9.17) is 4.98 Å². The predicted octanol–water partition coefficient (Wildman–Crippen LogP) is 4.14. The number of nitrogens with zero attached hydrogens (tertiary/aromatic N) is 3. The molecule has 3 rings (SSSR count). The standard InChI is InChI=1S/C22H29N3O2/c1-14(2)19(26)16-9-7-8-15(12-16)17-10-11-18-20(23-17)24(6)21(27)25(18)13-22(3,4)5/h7-12,14,19,26H,13H2,1-6H3. The summed E-state index contributed by atoms with van der Waals surface area (Å²) in [6.07, 6.45) is -0.508. The fourth-order valence-corrected chi connectivity index (χ4v) is 3.33. The van der Waals surface area contributed by atoms with Crippen LogP contribution in [0.3, 0.4) is 0 Å². The summed E-state index contributed by atoms with van der Waals surface area (Å²) in [7, 11) is 1.76. The number of hydrogen-bond donors (Lipinski definition) is 1. The molecule has 0 aliphatic rings. The summed E-state index contributed by atoms with van der Waals surface area (Å²) in [5.74, 6) is 0.142. The van der Waals surface area contributed by atoms with E-state index in [9.17, 15) is 9.90 Å². The summed E-state index contributed by atoms with van der Waals surface area (Å²) >= 11 is 0. The number of aliphatic hydroxyl groups is 1. The molecule has 1 unspecified atom stereocenters. The van der Waals surface area contributed by atoms with Crippen LogP contribution < -0.4 is 5.69 Å². The number of aromatic nitrogens is 3. The van der Waals surface area contributed by atoms with Crippen molar-refractivity contribution in [3.05, 3.63) is 52.4 Å². The molecule has 5 nitrogen and oxygen atoms in total. The molecule has 27 heavy (non-hydrogen) atoms. The van der Waals surface area contributed by atoms with Crippen molar-refractivity contribution >= 4 is 11.2 Å². The maximum atomic E-state index is 12.7. The van der Waals surface area contributed by atoms with Crippen LogP contribution in [0, 0.1) is 11.3 Å². The quantitative estimate of drug-likeness (QED) is 0.754. The molecule has 1 atom stereocenters. The third-order valence-electron chi connectivity index (χ3n) is 4.77. The lowest BCUT2D eigenvalue weighted by Crippen LogP contribution is -2.27. The van der Waals surface area contributed by atoms with Gasteiger partial charge in [0.2, 0.25) is 0 Å². The van der Waals surface area contributed by atoms with E-state index >= 15 is 0 Å². The van der Waals surface area contributed by atoms with Gasteiger partial charge in [0.25, 0.3) is 0 Å². The minimum atomic E-state index is -0.508. The predicted molar refractivity (Wildman–Crippen MR) is 110 cm³/mol. The van der Waals surface area contributed by atoms with Crippen LogP contribution in [0.25, 0.3) is 22.4 Å². The average molecular weight is 367 g/mol. The Morgan fingerprint density at radius 3 is 2.48 bits per heavy atom. The van der Waals surface area contributed by atoms with E-state index in [2.05, 4.69) is 20.8 Å². The Kier molecular flexibility index (Phi) is 5.00. The highest BCUT2D eigenvalue weighted by Gasteiger charge is 2.19. The summed E-state index contributed by atoms with van der Waals surface area (Å²) < 4.78 is 3.41. The minimum absolute atomic E-state index is 0.00189. The molecule has 0 fully saturated rings. The third kappa shape index (κ3) is 3.83. The van der Waals surface area contributed by atoms with E-state index in [-0.39, 0.29) is 17.0 Å². The molecule has 0 amide bonds. The third-order valence-corrected chi connectivity index (χ3v) is 4.77. The van der Waals surface area contributed by atoms with Crippen LogP contribution in [0.15, 0.2) is 41.2 Å². The Hall–Kier alpha value is -2.40. The Morgan fingerprint density at radius 2 is 1.85 bits per heavy atom. The van der Waals surface area contributed by atoms with E-state index < -0.39 is 6.10 Å². The Bertz CT molecular complexity index is 1020. The van der Waals surface area contributed by atoms with Crippen molar-refractivity contribution in [1.29, 1.82) is 0 Å². The van der Waals surface area contributed by atoms with Crippen molar-refractivity contribution in [2.45, 2.75) is 47.3 Å². The van der Waals surface area contributed by atoms with Crippen LogP contribution in [-0.4, -0.2) is 19.2 Å². The van der Waals surface area contributed by atoms with Gasteiger partial charge in [0.15, 0.2) is 5.65 Å². The van der Waals surface area contributed by atoms with Crippen LogP contribution in [0.4, 0.5) is 0 Å².